The molecule has 0 saturated heterocycles. The van der Waals surface area contributed by atoms with Gasteiger partial charge in [0.05, 0.1) is 17.6 Å². The van der Waals surface area contributed by atoms with Crippen molar-refractivity contribution in [1.29, 1.82) is 0 Å². The van der Waals surface area contributed by atoms with Crippen LogP contribution < -0.4 is 10.1 Å². The minimum atomic E-state index is -4.87. The van der Waals surface area contributed by atoms with Crippen LogP contribution in [0.4, 0.5) is 28.0 Å². The Morgan fingerprint density at radius 1 is 1.11 bits per heavy atom. The Morgan fingerprint density at radius 3 is 2.41 bits per heavy atom. The van der Waals surface area contributed by atoms with Gasteiger partial charge in [0.15, 0.2) is 11.4 Å². The fraction of sp³-hybridized carbons (Fsp3) is 0.0588. The second-order valence-electron chi connectivity index (χ2n) is 5.24. The van der Waals surface area contributed by atoms with Gasteiger partial charge >= 0.3 is 12.3 Å². The minimum absolute atomic E-state index is 0.0658. The predicted octanol–water partition coefficient (Wildman–Crippen LogP) is 5.29. The van der Waals surface area contributed by atoms with Crippen LogP contribution in [0.2, 0.25) is 5.02 Å². The van der Waals surface area contributed by atoms with Crippen LogP contribution in [0, 0.1) is 5.82 Å². The van der Waals surface area contributed by atoms with Crippen LogP contribution in [0.5, 0.6) is 5.75 Å². The van der Waals surface area contributed by atoms with Gasteiger partial charge < -0.3 is 4.74 Å². The first-order chi connectivity index (χ1) is 12.8. The number of benzene rings is 2. The van der Waals surface area contributed by atoms with E-state index in [0.29, 0.717) is 9.70 Å². The average Bonchev–Trinajstić information content (AvgIpc) is 3.01. The Bertz CT molecular complexity index is 971. The zero-order chi connectivity index (χ0) is 19.6. The van der Waals surface area contributed by atoms with Crippen molar-refractivity contribution in [3.63, 3.8) is 0 Å². The number of nitrogens with zero attached hydrogens (tertiary/aromatic N) is 2. The normalized spacial score (nSPS) is 11.3. The van der Waals surface area contributed by atoms with Gasteiger partial charge in [0, 0.05) is 5.02 Å². The first-order valence-corrected chi connectivity index (χ1v) is 7.78. The fourth-order valence-corrected chi connectivity index (χ4v) is 2.37. The average molecular weight is 400 g/mol. The van der Waals surface area contributed by atoms with Crippen LogP contribution in [0.3, 0.4) is 0 Å². The molecule has 3 rings (SSSR count). The van der Waals surface area contributed by atoms with E-state index in [9.17, 15) is 22.4 Å². The number of hydrogen-bond acceptors (Lipinski definition) is 3. The van der Waals surface area contributed by atoms with Gasteiger partial charge in [-0.3, -0.25) is 5.32 Å². The van der Waals surface area contributed by atoms with Crippen molar-refractivity contribution < 1.29 is 27.1 Å². The Hall–Kier alpha value is -3.07. The number of amides is 1. The number of carbonyl (C=O) groups is 1. The highest BCUT2D eigenvalue weighted by molar-refractivity contribution is 6.30. The first-order valence-electron chi connectivity index (χ1n) is 7.40. The number of hydrogen-bond donors (Lipinski definition) is 1. The first kappa shape index (κ1) is 18.7. The van der Waals surface area contributed by atoms with Crippen LogP contribution in [-0.2, 0) is 6.18 Å². The number of nitrogens with one attached hydrogen (secondary N) is 1. The summed E-state index contributed by atoms with van der Waals surface area (Å²) < 4.78 is 59.3. The van der Waals surface area contributed by atoms with Gasteiger partial charge in [-0.15, -0.1) is 0 Å². The number of ether oxygens (including phenoxy) is 1. The Kier molecular flexibility index (Phi) is 5.04. The largest absolute Gasteiger partial charge is 0.437 e. The summed E-state index contributed by atoms with van der Waals surface area (Å²) >= 11 is 5.73. The number of rotatable bonds is 3. The molecule has 27 heavy (non-hydrogen) atoms. The quantitative estimate of drug-likeness (QED) is 0.608. The summed E-state index contributed by atoms with van der Waals surface area (Å²) in [5, 5.41) is 6.00. The third kappa shape index (κ3) is 4.20. The van der Waals surface area contributed by atoms with Crippen molar-refractivity contribution >= 4 is 23.4 Å². The van der Waals surface area contributed by atoms with Gasteiger partial charge in [0.2, 0.25) is 0 Å². The third-order valence-corrected chi connectivity index (χ3v) is 3.64. The molecule has 0 saturated carbocycles. The van der Waals surface area contributed by atoms with E-state index in [4.69, 9.17) is 16.3 Å². The van der Waals surface area contributed by atoms with E-state index in [1.54, 1.807) is 0 Å². The van der Waals surface area contributed by atoms with E-state index in [1.807, 2.05) is 5.32 Å². The van der Waals surface area contributed by atoms with Gasteiger partial charge in [-0.2, -0.15) is 18.3 Å². The van der Waals surface area contributed by atoms with E-state index in [0.717, 1.165) is 12.3 Å². The van der Waals surface area contributed by atoms with Crippen molar-refractivity contribution in [1.82, 2.24) is 9.78 Å². The monoisotopic (exact) mass is 399 g/mol. The lowest BCUT2D eigenvalue weighted by Crippen LogP contribution is -2.20. The lowest BCUT2D eigenvalue weighted by atomic mass is 10.3. The van der Waals surface area contributed by atoms with E-state index in [1.165, 1.54) is 42.5 Å². The standard InChI is InChI=1S/C17H10ClF4N3O2/c18-10-5-7-11(8-6-10)25-15(17(20,21)22)14(9-23-25)27-16(26)24-13-4-2-1-3-12(13)19/h1-9H,(H,24,26). The molecular formula is C17H10ClF4N3O2. The Labute approximate surface area is 155 Å². The van der Waals surface area contributed by atoms with Gasteiger partial charge in [0.1, 0.15) is 5.82 Å². The molecule has 0 aliphatic heterocycles. The molecule has 2 aromatic carbocycles. The highest BCUT2D eigenvalue weighted by atomic mass is 35.5. The third-order valence-electron chi connectivity index (χ3n) is 3.39. The summed E-state index contributed by atoms with van der Waals surface area (Å²) in [4.78, 5) is 11.9. The van der Waals surface area contributed by atoms with Crippen LogP contribution in [0.15, 0.2) is 54.7 Å². The van der Waals surface area contributed by atoms with E-state index < -0.39 is 29.5 Å². The van der Waals surface area contributed by atoms with Crippen molar-refractivity contribution in [2.75, 3.05) is 5.32 Å². The molecule has 3 aromatic rings. The zero-order valence-corrected chi connectivity index (χ0v) is 14.1. The molecule has 0 atom stereocenters. The Morgan fingerprint density at radius 2 is 1.78 bits per heavy atom. The number of aromatic nitrogens is 2. The van der Waals surface area contributed by atoms with Crippen LogP contribution in [0.25, 0.3) is 5.69 Å². The number of carbonyl (C=O) groups excluding carboxylic acids is 1. The molecule has 0 radical (unpaired) electrons. The molecule has 1 aromatic heterocycles. The molecule has 1 amide bonds. The smallest absolute Gasteiger partial charge is 0.406 e. The van der Waals surface area contributed by atoms with Crippen molar-refractivity contribution in [3.05, 3.63) is 71.3 Å². The summed E-state index contributed by atoms with van der Waals surface area (Å²) in [6.07, 6.45) is -5.41. The van der Waals surface area contributed by atoms with Crippen molar-refractivity contribution in [2.24, 2.45) is 0 Å². The van der Waals surface area contributed by atoms with Gasteiger partial charge in [-0.1, -0.05) is 23.7 Å². The number of para-hydroxylation sites is 1. The molecule has 0 aliphatic rings. The number of alkyl halides is 3. The molecule has 1 N–H and O–H groups in total. The molecule has 0 aliphatic carbocycles. The number of anilines is 1. The summed E-state index contributed by atoms with van der Waals surface area (Å²) in [6.45, 7) is 0. The van der Waals surface area contributed by atoms with Crippen molar-refractivity contribution in [2.45, 2.75) is 6.18 Å². The van der Waals surface area contributed by atoms with Crippen LogP contribution >= 0.6 is 11.6 Å². The molecular weight excluding hydrogens is 390 g/mol. The van der Waals surface area contributed by atoms with E-state index in [2.05, 4.69) is 5.10 Å². The minimum Gasteiger partial charge on any atom is -0.406 e. The SMILES string of the molecule is O=C(Nc1ccccc1F)Oc1cnn(-c2ccc(Cl)cc2)c1C(F)(F)F. The number of halogens is 5. The molecule has 1 heterocycles. The lowest BCUT2D eigenvalue weighted by molar-refractivity contribution is -0.143. The highest BCUT2D eigenvalue weighted by Gasteiger charge is 2.40. The van der Waals surface area contributed by atoms with Crippen molar-refractivity contribution in [3.8, 4) is 11.4 Å². The van der Waals surface area contributed by atoms with Gasteiger partial charge in [-0.25, -0.2) is 13.9 Å². The lowest BCUT2D eigenvalue weighted by Gasteiger charge is -2.13. The molecule has 140 valence electrons. The Balaban J connectivity index is 1.90. The predicted molar refractivity (Wildman–Crippen MR) is 89.6 cm³/mol. The molecule has 5 nitrogen and oxygen atoms in total. The molecule has 0 spiro atoms. The molecule has 0 unspecified atom stereocenters. The second kappa shape index (κ2) is 7.28. The second-order valence-corrected chi connectivity index (χ2v) is 5.67. The zero-order valence-electron chi connectivity index (χ0n) is 13.3. The molecule has 0 fully saturated rings. The maximum atomic E-state index is 13.5. The van der Waals surface area contributed by atoms with Crippen LogP contribution in [0.1, 0.15) is 5.69 Å². The highest BCUT2D eigenvalue weighted by Crippen LogP contribution is 2.37. The summed E-state index contributed by atoms with van der Waals surface area (Å²) in [6, 6.07) is 10.6. The summed E-state index contributed by atoms with van der Waals surface area (Å²) in [5.74, 6) is -1.59. The van der Waals surface area contributed by atoms with E-state index >= 15 is 0 Å². The molecule has 10 heteroatoms. The van der Waals surface area contributed by atoms with Crippen LogP contribution in [-0.4, -0.2) is 15.9 Å². The fourth-order valence-electron chi connectivity index (χ4n) is 2.24. The van der Waals surface area contributed by atoms with Gasteiger partial charge in [0.25, 0.3) is 0 Å². The summed E-state index contributed by atoms with van der Waals surface area (Å²) in [7, 11) is 0. The van der Waals surface area contributed by atoms with Gasteiger partial charge in [-0.05, 0) is 36.4 Å². The maximum absolute atomic E-state index is 13.5. The molecule has 0 bridgehead atoms. The van der Waals surface area contributed by atoms with E-state index in [-0.39, 0.29) is 11.4 Å². The topological polar surface area (TPSA) is 56.1 Å². The maximum Gasteiger partial charge on any atom is 0.437 e. The summed E-state index contributed by atoms with van der Waals surface area (Å²) in [5.41, 5.74) is -1.47.